The van der Waals surface area contributed by atoms with Crippen LogP contribution < -0.4 is 9.47 Å². The molecule has 0 unspecified atom stereocenters. The fourth-order valence-corrected chi connectivity index (χ4v) is 0.792. The van der Waals surface area contributed by atoms with Crippen LogP contribution in [0, 0.1) is 0 Å². The minimum absolute atomic E-state index is 0.00148. The number of hydrogen-bond acceptors (Lipinski definition) is 3. The van der Waals surface area contributed by atoms with Crippen molar-refractivity contribution in [2.45, 2.75) is 0 Å². The van der Waals surface area contributed by atoms with E-state index >= 15 is 0 Å². The summed E-state index contributed by atoms with van der Waals surface area (Å²) in [6, 6.07) is 0.691. The fraction of sp³-hybridized carbons (Fsp3) is 0. The number of benzene rings is 1. The first-order chi connectivity index (χ1) is 7.54. The lowest BCUT2D eigenvalue weighted by Crippen LogP contribution is -1.96. The molecule has 12 heavy (non-hydrogen) atoms. The Labute approximate surface area is 74.8 Å². The average Bonchev–Trinajstić information content (AvgIpc) is 2.22. The lowest BCUT2D eigenvalue weighted by Gasteiger charge is -2.11. The molecule has 1 aliphatic heterocycles. The average molecular weight is 166 g/mol. The van der Waals surface area contributed by atoms with Crippen molar-refractivity contribution in [1.82, 2.24) is 0 Å². The van der Waals surface area contributed by atoms with Crippen molar-refractivity contribution in [3.8, 4) is 11.5 Å². The molecule has 0 saturated heterocycles. The molecule has 0 atom stereocenters. The molecule has 0 saturated carbocycles. The minimum atomic E-state index is -0.532. The van der Waals surface area contributed by atoms with E-state index in [1.54, 1.807) is 0 Å². The summed E-state index contributed by atoms with van der Waals surface area (Å²) in [7, 11) is 0. The Kier molecular flexibility index (Phi) is 0.844. The van der Waals surface area contributed by atoms with Gasteiger partial charge in [-0.2, -0.15) is 0 Å². The SMILES string of the molecule is [2H]C1=C([2H])Oc2c(cc([2H])c(C=O)c2[2H])O1. The molecule has 0 aliphatic carbocycles. The van der Waals surface area contributed by atoms with Crippen LogP contribution in [0.3, 0.4) is 0 Å². The molecule has 60 valence electrons. The van der Waals surface area contributed by atoms with Crippen LogP contribution in [0.15, 0.2) is 30.6 Å². The third kappa shape index (κ3) is 1.05. The van der Waals surface area contributed by atoms with Crippen LogP contribution >= 0.6 is 0 Å². The zero-order valence-electron chi connectivity index (χ0n) is 9.88. The van der Waals surface area contributed by atoms with Crippen molar-refractivity contribution >= 4 is 6.29 Å². The highest BCUT2D eigenvalue weighted by Crippen LogP contribution is 2.30. The number of ether oxygens (including phenoxy) is 2. The molecule has 3 nitrogen and oxygen atoms in total. The van der Waals surface area contributed by atoms with Crippen LogP contribution in [-0.2, 0) is 0 Å². The molecular formula is C9H6O3. The van der Waals surface area contributed by atoms with Crippen molar-refractivity contribution < 1.29 is 19.8 Å². The highest BCUT2D eigenvalue weighted by Gasteiger charge is 2.07. The van der Waals surface area contributed by atoms with Gasteiger partial charge in [-0.25, -0.2) is 0 Å². The summed E-state index contributed by atoms with van der Waals surface area (Å²) in [5.74, 6) is -0.110. The summed E-state index contributed by atoms with van der Waals surface area (Å²) >= 11 is 0. The lowest BCUT2D eigenvalue weighted by atomic mass is 10.2. The summed E-state index contributed by atoms with van der Waals surface area (Å²) < 4.78 is 39.2. The van der Waals surface area contributed by atoms with Crippen LogP contribution in [0.25, 0.3) is 0 Å². The van der Waals surface area contributed by atoms with Gasteiger partial charge in [0.25, 0.3) is 0 Å². The van der Waals surface area contributed by atoms with Crippen LogP contribution in [0.2, 0.25) is 0 Å². The topological polar surface area (TPSA) is 35.5 Å². The predicted molar refractivity (Wildman–Crippen MR) is 42.2 cm³/mol. The third-order valence-corrected chi connectivity index (χ3v) is 1.30. The molecular weight excluding hydrogens is 156 g/mol. The number of fused-ring (bicyclic) bond motifs is 1. The molecule has 3 heteroatoms. The first-order valence-electron chi connectivity index (χ1n) is 5.17. The van der Waals surface area contributed by atoms with Crippen LogP contribution in [0.1, 0.15) is 15.8 Å². The molecule has 1 aromatic rings. The number of carbonyl (C=O) groups is 1. The minimum Gasteiger partial charge on any atom is -0.458 e. The van der Waals surface area contributed by atoms with Crippen molar-refractivity contribution in [3.63, 3.8) is 0 Å². The van der Waals surface area contributed by atoms with Gasteiger partial charge in [-0.15, -0.1) is 0 Å². The summed E-state index contributed by atoms with van der Waals surface area (Å²) in [4.78, 5) is 10.6. The van der Waals surface area contributed by atoms with Crippen molar-refractivity contribution in [2.24, 2.45) is 0 Å². The maximum Gasteiger partial charge on any atom is 0.169 e. The Bertz CT molecular complexity index is 510. The van der Waals surface area contributed by atoms with Crippen LogP contribution in [0.4, 0.5) is 0 Å². The second kappa shape index (κ2) is 2.70. The summed E-state index contributed by atoms with van der Waals surface area (Å²) in [6.07, 6.45) is -0.654. The van der Waals surface area contributed by atoms with E-state index in [9.17, 15) is 4.79 Å². The smallest absolute Gasteiger partial charge is 0.169 e. The maximum atomic E-state index is 10.6. The van der Waals surface area contributed by atoms with Crippen molar-refractivity contribution in [3.05, 3.63) is 36.2 Å². The van der Waals surface area contributed by atoms with Gasteiger partial charge in [-0.1, -0.05) is 0 Å². The Morgan fingerprint density at radius 3 is 2.83 bits per heavy atom. The quantitative estimate of drug-likeness (QED) is 0.596. The number of aldehydes is 1. The molecule has 0 aromatic heterocycles. The highest BCUT2D eigenvalue weighted by atomic mass is 16.5. The molecule has 1 aliphatic rings. The Morgan fingerprint density at radius 2 is 2.08 bits per heavy atom. The van der Waals surface area contributed by atoms with E-state index in [0.29, 0.717) is 6.29 Å². The molecule has 1 heterocycles. The summed E-state index contributed by atoms with van der Waals surface area (Å²) in [5.41, 5.74) is -0.136. The predicted octanol–water partition coefficient (Wildman–Crippen LogP) is 1.74. The van der Waals surface area contributed by atoms with Crippen molar-refractivity contribution in [1.29, 1.82) is 0 Å². The van der Waals surface area contributed by atoms with Gasteiger partial charge in [-0.05, 0) is 18.2 Å². The Morgan fingerprint density at radius 1 is 1.33 bits per heavy atom. The number of hydrogen-bond donors (Lipinski definition) is 0. The Balaban J connectivity index is 2.63. The second-order valence-electron chi connectivity index (χ2n) is 2.05. The van der Waals surface area contributed by atoms with E-state index in [1.807, 2.05) is 0 Å². The second-order valence-corrected chi connectivity index (χ2v) is 2.05. The lowest BCUT2D eigenvalue weighted by molar-refractivity contribution is 0.112. The van der Waals surface area contributed by atoms with Gasteiger partial charge in [0.1, 0.15) is 21.5 Å². The molecule has 0 amide bonds. The van der Waals surface area contributed by atoms with E-state index in [2.05, 4.69) is 0 Å². The standard InChI is InChI=1S/C9H6O3/c10-6-7-1-2-8-9(5-7)12-4-3-11-8/h1-6H/i1D,3D,4D,5D. The van der Waals surface area contributed by atoms with Crippen LogP contribution in [0.5, 0.6) is 11.5 Å². The largest absolute Gasteiger partial charge is 0.458 e. The summed E-state index contributed by atoms with van der Waals surface area (Å²) in [6.45, 7) is 0. The highest BCUT2D eigenvalue weighted by molar-refractivity contribution is 5.76. The van der Waals surface area contributed by atoms with Gasteiger partial charge in [-0.3, -0.25) is 4.79 Å². The van der Waals surface area contributed by atoms with Gasteiger partial charge in [0.2, 0.25) is 0 Å². The normalized spacial score (nSPS) is 19.0. The third-order valence-electron chi connectivity index (χ3n) is 1.30. The van der Waals surface area contributed by atoms with E-state index in [0.717, 1.165) is 0 Å². The monoisotopic (exact) mass is 166 g/mol. The van der Waals surface area contributed by atoms with Gasteiger partial charge in [0.05, 0.1) is 2.74 Å². The van der Waals surface area contributed by atoms with Crippen LogP contribution in [-0.4, -0.2) is 6.29 Å². The van der Waals surface area contributed by atoms with Gasteiger partial charge in [0, 0.05) is 5.56 Å². The molecule has 0 N–H and O–H groups in total. The number of carbonyl (C=O) groups excluding carboxylic acids is 1. The molecule has 0 fully saturated rings. The zero-order valence-corrected chi connectivity index (χ0v) is 5.88. The van der Waals surface area contributed by atoms with Crippen molar-refractivity contribution in [2.75, 3.05) is 0 Å². The maximum absolute atomic E-state index is 10.6. The van der Waals surface area contributed by atoms with Gasteiger partial charge >= 0.3 is 0 Å². The van der Waals surface area contributed by atoms with Gasteiger partial charge in [0.15, 0.2) is 11.5 Å². The molecule has 0 radical (unpaired) electrons. The van der Waals surface area contributed by atoms with E-state index in [1.165, 1.54) is 6.07 Å². The molecule has 0 spiro atoms. The Hall–Kier alpha value is -1.77. The molecule has 2 rings (SSSR count). The van der Waals surface area contributed by atoms with E-state index in [4.69, 9.17) is 15.0 Å². The molecule has 1 aromatic carbocycles. The van der Waals surface area contributed by atoms with E-state index < -0.39 is 12.5 Å². The van der Waals surface area contributed by atoms with Gasteiger partial charge < -0.3 is 9.47 Å². The fourth-order valence-electron chi connectivity index (χ4n) is 0.792. The molecule has 0 bridgehead atoms. The first kappa shape index (κ1) is 3.76. The van der Waals surface area contributed by atoms with E-state index in [-0.39, 0.29) is 29.1 Å². The summed E-state index contributed by atoms with van der Waals surface area (Å²) in [5, 5.41) is 0. The first-order valence-corrected chi connectivity index (χ1v) is 3.17. The zero-order chi connectivity index (χ0) is 11.9. The number of rotatable bonds is 1.